The Labute approximate surface area is 368 Å². The number of rotatable bonds is 8. The van der Waals surface area contributed by atoms with E-state index in [1.807, 2.05) is 13.8 Å². The molecule has 18 nitrogen and oxygen atoms in total. The van der Waals surface area contributed by atoms with Gasteiger partial charge in [0.25, 0.3) is 32.1 Å². The normalized spacial score (nSPS) is 11.7. The molecule has 2 aromatic heterocycles. The van der Waals surface area contributed by atoms with Crippen molar-refractivity contribution in [1.82, 2.24) is 19.1 Å². The first-order valence-corrected chi connectivity index (χ1v) is 21.8. The highest BCUT2D eigenvalue weighted by Gasteiger charge is 2.11. The van der Waals surface area contributed by atoms with Crippen molar-refractivity contribution in [3.05, 3.63) is 179 Å². The number of amides is 2. The molecule has 0 saturated heterocycles. The summed E-state index contributed by atoms with van der Waals surface area (Å²) in [4.78, 5) is 42.7. The minimum absolute atomic E-state index is 0.0666. The fourth-order valence-electron chi connectivity index (χ4n) is 5.20. The third-order valence-corrected chi connectivity index (χ3v) is 10.6. The molecule has 0 bridgehead atoms. The van der Waals surface area contributed by atoms with Crippen molar-refractivity contribution in [2.45, 2.75) is 23.6 Å². The Hall–Kier alpha value is -7.78. The largest absolute Gasteiger partial charge is 0.369 e. The predicted octanol–water partition coefficient (Wildman–Crippen LogP) is 5.77. The first kappa shape index (κ1) is 47.3. The third-order valence-electron chi connectivity index (χ3n) is 8.86. The molecule has 2 amide bonds. The van der Waals surface area contributed by atoms with Crippen molar-refractivity contribution in [3.63, 3.8) is 0 Å². The van der Waals surface area contributed by atoms with Crippen LogP contribution >= 0.6 is 0 Å². The molecular formula is C44H44N10O8S2. The highest BCUT2D eigenvalue weighted by Crippen LogP contribution is 2.19. The quantitative estimate of drug-likeness (QED) is 0.0992. The van der Waals surface area contributed by atoms with Gasteiger partial charge in [-0.1, -0.05) is 35.4 Å². The molecule has 0 aliphatic heterocycles. The van der Waals surface area contributed by atoms with Gasteiger partial charge in [0.15, 0.2) is 11.0 Å². The van der Waals surface area contributed by atoms with Crippen LogP contribution in [-0.2, 0) is 34.3 Å². The number of carbonyl (C=O) groups is 2. The minimum atomic E-state index is -4.02. The monoisotopic (exact) mass is 904 g/mol. The number of nitrogen functional groups attached to an aromatic ring is 2. The standard InChI is InChI=1S/C30H28N10O2.2C7H8O3S/c1-39-17-15-25(37-29(39)31)33-21-7-11-23(12-8-21)35-27(41)19-3-5-20(6-4-19)28(42)36-24-13-9-22(10-14-24)34-26-16-18-40(2)30(32)38-26;2*1-6-2-4-7(5-3-6)11(8,9)10/h3-18H,1-2H3,(H,35,41)(H,36,42)(H2,31,33,37)(H2,32,34,38);2*2-5H,1H3,(H,8,9,10). The van der Waals surface area contributed by atoms with E-state index in [0.29, 0.717) is 56.7 Å². The van der Waals surface area contributed by atoms with E-state index in [4.69, 9.17) is 20.6 Å². The van der Waals surface area contributed by atoms with Gasteiger partial charge in [-0.25, -0.2) is 9.98 Å². The summed E-state index contributed by atoms with van der Waals surface area (Å²) in [5, 5.41) is 5.68. The number of anilines is 4. The number of nitrogens with one attached hydrogen (secondary N) is 2. The zero-order chi connectivity index (χ0) is 46.6. The smallest absolute Gasteiger partial charge is 0.294 e. The van der Waals surface area contributed by atoms with Crippen LogP contribution in [0.2, 0.25) is 0 Å². The van der Waals surface area contributed by atoms with E-state index in [1.165, 1.54) is 24.3 Å². The van der Waals surface area contributed by atoms with Gasteiger partial charge in [0.05, 0.1) is 21.2 Å². The minimum Gasteiger partial charge on any atom is -0.369 e. The lowest BCUT2D eigenvalue weighted by molar-refractivity contribution is 0.101. The molecule has 5 aromatic carbocycles. The maximum absolute atomic E-state index is 12.7. The van der Waals surface area contributed by atoms with Crippen LogP contribution in [0.15, 0.2) is 166 Å². The molecule has 0 unspecified atom stereocenters. The maximum Gasteiger partial charge on any atom is 0.294 e. The Balaban J connectivity index is 0.000000284. The molecule has 0 aliphatic rings. The summed E-state index contributed by atoms with van der Waals surface area (Å²) in [6, 6.07) is 35.9. The van der Waals surface area contributed by atoms with Crippen molar-refractivity contribution in [2.75, 3.05) is 22.1 Å². The second-order valence-corrected chi connectivity index (χ2v) is 16.7. The Bertz CT molecular complexity index is 2910. The van der Waals surface area contributed by atoms with Crippen LogP contribution < -0.4 is 33.1 Å². The molecule has 7 aromatic rings. The number of nitrogens with zero attached hydrogens (tertiary/aromatic N) is 6. The van der Waals surface area contributed by atoms with E-state index < -0.39 is 20.2 Å². The molecule has 0 fully saturated rings. The van der Waals surface area contributed by atoms with Crippen LogP contribution in [0.3, 0.4) is 0 Å². The van der Waals surface area contributed by atoms with Gasteiger partial charge in [-0.05, 0) is 123 Å². The lowest BCUT2D eigenvalue weighted by Crippen LogP contribution is -2.15. The van der Waals surface area contributed by atoms with E-state index >= 15 is 0 Å². The zero-order valence-corrected chi connectivity index (χ0v) is 36.5. The molecular weight excluding hydrogens is 861 g/mol. The Kier molecular flexibility index (Phi) is 15.4. The Morgan fingerprint density at radius 3 is 1.11 bits per heavy atom. The van der Waals surface area contributed by atoms with Gasteiger partial charge >= 0.3 is 0 Å². The molecule has 330 valence electrons. The van der Waals surface area contributed by atoms with Crippen LogP contribution in [-0.4, -0.2) is 56.9 Å². The maximum atomic E-state index is 12.7. The number of benzene rings is 5. The van der Waals surface area contributed by atoms with Gasteiger partial charge < -0.3 is 31.2 Å². The number of hydrogen-bond donors (Lipinski definition) is 6. The van der Waals surface area contributed by atoms with Gasteiger partial charge in [0, 0.05) is 49.0 Å². The molecule has 7 rings (SSSR count). The molecule has 2 heterocycles. The molecule has 0 saturated carbocycles. The number of carbonyl (C=O) groups excluding carboxylic acids is 2. The number of aromatic nitrogens is 4. The number of aryl methyl sites for hydroxylation is 4. The van der Waals surface area contributed by atoms with Crippen molar-refractivity contribution < 1.29 is 35.5 Å². The molecule has 8 N–H and O–H groups in total. The third kappa shape index (κ3) is 14.1. The summed E-state index contributed by atoms with van der Waals surface area (Å²) >= 11 is 0. The van der Waals surface area contributed by atoms with Crippen molar-refractivity contribution >= 4 is 66.7 Å². The van der Waals surface area contributed by atoms with E-state index in [0.717, 1.165) is 11.1 Å². The molecule has 0 radical (unpaired) electrons. The van der Waals surface area contributed by atoms with Crippen molar-refractivity contribution in [3.8, 4) is 0 Å². The number of hydrogen-bond acceptors (Lipinski definition) is 12. The summed E-state index contributed by atoms with van der Waals surface area (Å²) in [6.45, 7) is 3.68. The molecule has 0 spiro atoms. The summed E-state index contributed by atoms with van der Waals surface area (Å²) in [7, 11) is -4.44. The number of nitrogens with two attached hydrogens (primary N) is 2. The summed E-state index contributed by atoms with van der Waals surface area (Å²) in [6.07, 6.45) is 3.56. The van der Waals surface area contributed by atoms with Gasteiger partial charge in [-0.2, -0.15) is 26.8 Å². The van der Waals surface area contributed by atoms with Crippen LogP contribution in [0, 0.1) is 13.8 Å². The lowest BCUT2D eigenvalue weighted by Gasteiger charge is -2.08. The summed E-state index contributed by atoms with van der Waals surface area (Å²) < 4.78 is 62.5. The van der Waals surface area contributed by atoms with Crippen LogP contribution in [0.5, 0.6) is 0 Å². The highest BCUT2D eigenvalue weighted by molar-refractivity contribution is 7.86. The average Bonchev–Trinajstić information content (AvgIpc) is 3.25. The van der Waals surface area contributed by atoms with E-state index in [9.17, 15) is 26.4 Å². The van der Waals surface area contributed by atoms with Crippen molar-refractivity contribution in [1.29, 1.82) is 0 Å². The first-order valence-electron chi connectivity index (χ1n) is 18.9. The van der Waals surface area contributed by atoms with Gasteiger partial charge in [0.2, 0.25) is 11.9 Å². The highest BCUT2D eigenvalue weighted by atomic mass is 32.2. The van der Waals surface area contributed by atoms with E-state index in [2.05, 4.69) is 30.6 Å². The first-order chi connectivity index (χ1) is 30.2. The Morgan fingerprint density at radius 2 is 0.828 bits per heavy atom. The second kappa shape index (κ2) is 20.9. The van der Waals surface area contributed by atoms with Gasteiger partial charge in [0.1, 0.15) is 0 Å². The Morgan fingerprint density at radius 1 is 0.516 bits per heavy atom. The SMILES string of the molecule is Cc1ccc(S(=O)(=O)O)cc1.Cc1ccc(S(=O)(=O)O)cc1.Cn1ccc(=Nc2ccc(NC(=O)c3ccc(C(=O)Nc4ccc(N=c5ccn(C)c(N)n5)cc4)cc3)cc2)nc1N. The van der Waals surface area contributed by atoms with Crippen LogP contribution in [0.4, 0.5) is 34.6 Å². The summed E-state index contributed by atoms with van der Waals surface area (Å²) in [5.74, 6) is 0.0955. The molecule has 64 heavy (non-hydrogen) atoms. The average molecular weight is 905 g/mol. The topological polar surface area (TPSA) is 279 Å². The van der Waals surface area contributed by atoms with Crippen LogP contribution in [0.25, 0.3) is 0 Å². The van der Waals surface area contributed by atoms with Crippen molar-refractivity contribution in [2.24, 2.45) is 24.1 Å². The van der Waals surface area contributed by atoms with E-state index in [-0.39, 0.29) is 21.6 Å². The van der Waals surface area contributed by atoms with Crippen LogP contribution in [0.1, 0.15) is 31.8 Å². The zero-order valence-electron chi connectivity index (χ0n) is 34.9. The summed E-state index contributed by atoms with van der Waals surface area (Å²) in [5.41, 5.74) is 17.9. The molecule has 20 heteroatoms. The second-order valence-electron chi connectivity index (χ2n) is 13.9. The lowest BCUT2D eigenvalue weighted by atomic mass is 10.1. The molecule has 0 atom stereocenters. The van der Waals surface area contributed by atoms with E-state index in [1.54, 1.807) is 145 Å². The van der Waals surface area contributed by atoms with Gasteiger partial charge in [-0.15, -0.1) is 0 Å². The fourth-order valence-corrected chi connectivity index (χ4v) is 6.16. The van der Waals surface area contributed by atoms with Gasteiger partial charge in [-0.3, -0.25) is 18.7 Å². The fraction of sp³-hybridized carbons (Fsp3) is 0.0909. The molecule has 0 aliphatic carbocycles. The predicted molar refractivity (Wildman–Crippen MR) is 243 cm³/mol.